The molecule has 0 saturated carbocycles. The van der Waals surface area contributed by atoms with Crippen molar-refractivity contribution in [3.63, 3.8) is 0 Å². The lowest BCUT2D eigenvalue weighted by Gasteiger charge is -2.17. The lowest BCUT2D eigenvalue weighted by molar-refractivity contribution is -0.139. The molecule has 0 unspecified atom stereocenters. The molecule has 0 atom stereocenters. The predicted octanol–water partition coefficient (Wildman–Crippen LogP) is 4.34. The average Bonchev–Trinajstić information content (AvgIpc) is 2.79. The first kappa shape index (κ1) is 25.8. The molecule has 7 nitrogen and oxygen atoms in total. The number of carboxylic acids is 1. The molecule has 0 saturated heterocycles. The van der Waals surface area contributed by atoms with Crippen LogP contribution in [0.5, 0.6) is 17.2 Å². The number of carbonyl (C=O) groups is 2. The summed E-state index contributed by atoms with van der Waals surface area (Å²) >= 11 is 0. The van der Waals surface area contributed by atoms with Gasteiger partial charge in [0.15, 0.2) is 6.61 Å². The number of benzene rings is 2. The summed E-state index contributed by atoms with van der Waals surface area (Å²) in [7, 11) is 1.54. The van der Waals surface area contributed by atoms with Crippen molar-refractivity contribution < 1.29 is 28.9 Å². The molecule has 0 fully saturated rings. The van der Waals surface area contributed by atoms with E-state index in [-0.39, 0.29) is 6.61 Å². The van der Waals surface area contributed by atoms with E-state index in [2.05, 4.69) is 13.5 Å². The number of rotatable bonds is 15. The maximum atomic E-state index is 11.7. The van der Waals surface area contributed by atoms with Gasteiger partial charge in [0.05, 0.1) is 19.3 Å². The molecule has 7 heteroatoms. The van der Waals surface area contributed by atoms with E-state index in [0.29, 0.717) is 30.1 Å². The molecule has 0 aliphatic carbocycles. The van der Waals surface area contributed by atoms with Crippen molar-refractivity contribution >= 4 is 11.9 Å². The van der Waals surface area contributed by atoms with Gasteiger partial charge in [-0.1, -0.05) is 31.6 Å². The number of ether oxygens (including phenoxy) is 3. The van der Waals surface area contributed by atoms with Crippen molar-refractivity contribution in [3.05, 3.63) is 65.2 Å². The van der Waals surface area contributed by atoms with Gasteiger partial charge in [-0.05, 0) is 55.9 Å². The van der Waals surface area contributed by atoms with Crippen molar-refractivity contribution in [2.75, 3.05) is 20.3 Å². The molecule has 0 radical (unpaired) electrons. The standard InChI is InChI=1S/C26H33NO6/c1-4-9-19-18(14-15-21(26(27)30)25(19)31-3)11-6-7-16-32-22-12-8-13-23(20(22)10-5-2)33-17-24(28)29/h4,8,12-15H,1,5-7,9-11,16-17H2,2-3H3,(H2,27,30)(H,28,29). The minimum atomic E-state index is -1.01. The molecular weight excluding hydrogens is 422 g/mol. The zero-order valence-electron chi connectivity index (χ0n) is 19.4. The Bertz CT molecular complexity index is 969. The van der Waals surface area contributed by atoms with E-state index in [9.17, 15) is 9.59 Å². The van der Waals surface area contributed by atoms with E-state index in [1.54, 1.807) is 24.3 Å². The van der Waals surface area contributed by atoms with Gasteiger partial charge in [0, 0.05) is 11.1 Å². The van der Waals surface area contributed by atoms with Gasteiger partial charge in [-0.25, -0.2) is 4.79 Å². The number of hydrogen-bond donors (Lipinski definition) is 2. The van der Waals surface area contributed by atoms with Gasteiger partial charge in [0.25, 0.3) is 5.91 Å². The van der Waals surface area contributed by atoms with Gasteiger partial charge in [-0.15, -0.1) is 6.58 Å². The number of carboxylic acid groups (broad SMARTS) is 1. The maximum absolute atomic E-state index is 11.7. The van der Waals surface area contributed by atoms with Crippen molar-refractivity contribution in [2.45, 2.75) is 45.4 Å². The van der Waals surface area contributed by atoms with Crippen LogP contribution in [0.15, 0.2) is 43.0 Å². The molecule has 0 spiro atoms. The van der Waals surface area contributed by atoms with Crippen molar-refractivity contribution in [1.29, 1.82) is 0 Å². The number of hydrogen-bond acceptors (Lipinski definition) is 5. The van der Waals surface area contributed by atoms with Crippen LogP contribution in [0.2, 0.25) is 0 Å². The molecule has 178 valence electrons. The summed E-state index contributed by atoms with van der Waals surface area (Å²) in [5.74, 6) is 0.250. The number of primary amides is 1. The fraction of sp³-hybridized carbons (Fsp3) is 0.385. The van der Waals surface area contributed by atoms with Crippen molar-refractivity contribution in [1.82, 2.24) is 0 Å². The van der Waals surface area contributed by atoms with E-state index in [0.717, 1.165) is 54.5 Å². The van der Waals surface area contributed by atoms with Crippen LogP contribution in [-0.4, -0.2) is 37.3 Å². The molecular formula is C26H33NO6. The van der Waals surface area contributed by atoms with Crippen LogP contribution < -0.4 is 19.9 Å². The average molecular weight is 456 g/mol. The highest BCUT2D eigenvalue weighted by atomic mass is 16.5. The topological polar surface area (TPSA) is 108 Å². The number of methoxy groups -OCH3 is 1. The zero-order chi connectivity index (χ0) is 24.2. The van der Waals surface area contributed by atoms with E-state index < -0.39 is 11.9 Å². The lowest BCUT2D eigenvalue weighted by atomic mass is 9.95. The van der Waals surface area contributed by atoms with E-state index in [1.165, 1.54) is 7.11 Å². The monoisotopic (exact) mass is 455 g/mol. The quantitative estimate of drug-likeness (QED) is 0.305. The third kappa shape index (κ3) is 7.27. The third-order valence-electron chi connectivity index (χ3n) is 5.21. The number of aryl methyl sites for hydroxylation is 1. The Labute approximate surface area is 195 Å². The summed E-state index contributed by atoms with van der Waals surface area (Å²) in [5.41, 5.74) is 8.76. The van der Waals surface area contributed by atoms with Gasteiger partial charge in [0.1, 0.15) is 17.2 Å². The molecule has 2 aromatic carbocycles. The van der Waals surface area contributed by atoms with Gasteiger partial charge >= 0.3 is 5.97 Å². The number of amides is 1. The molecule has 3 N–H and O–H groups in total. The summed E-state index contributed by atoms with van der Waals surface area (Å²) in [6.45, 7) is 6.00. The molecule has 0 aromatic heterocycles. The highest BCUT2D eigenvalue weighted by Gasteiger charge is 2.16. The van der Waals surface area contributed by atoms with Crippen molar-refractivity contribution in [2.24, 2.45) is 5.73 Å². The lowest BCUT2D eigenvalue weighted by Crippen LogP contribution is -2.14. The van der Waals surface area contributed by atoms with Gasteiger partial charge in [0.2, 0.25) is 0 Å². The molecule has 33 heavy (non-hydrogen) atoms. The smallest absolute Gasteiger partial charge is 0.341 e. The largest absolute Gasteiger partial charge is 0.496 e. The Kier molecular flexibility index (Phi) is 10.3. The zero-order valence-corrected chi connectivity index (χ0v) is 19.4. The molecule has 2 rings (SSSR count). The van der Waals surface area contributed by atoms with Crippen LogP contribution in [0.25, 0.3) is 0 Å². The minimum absolute atomic E-state index is 0.370. The van der Waals surface area contributed by atoms with Gasteiger partial charge < -0.3 is 25.1 Å². The SMILES string of the molecule is C=CCc1c(CCCCOc2cccc(OCC(=O)O)c2CCC)ccc(C(N)=O)c1OC. The van der Waals surface area contributed by atoms with Gasteiger partial charge in [-0.3, -0.25) is 4.79 Å². The highest BCUT2D eigenvalue weighted by Crippen LogP contribution is 2.31. The van der Waals surface area contributed by atoms with Crippen LogP contribution in [0.1, 0.15) is 53.2 Å². The second-order valence-electron chi connectivity index (χ2n) is 7.61. The van der Waals surface area contributed by atoms with E-state index in [4.69, 9.17) is 25.1 Å². The predicted molar refractivity (Wildman–Crippen MR) is 127 cm³/mol. The first-order chi connectivity index (χ1) is 15.9. The minimum Gasteiger partial charge on any atom is -0.496 e. The van der Waals surface area contributed by atoms with Crippen molar-refractivity contribution in [3.8, 4) is 17.2 Å². The van der Waals surface area contributed by atoms with Crippen LogP contribution in [0.4, 0.5) is 0 Å². The van der Waals surface area contributed by atoms with Crippen LogP contribution in [0, 0.1) is 0 Å². The second kappa shape index (κ2) is 13.2. The molecule has 1 amide bonds. The number of unbranched alkanes of at least 4 members (excludes halogenated alkanes) is 1. The van der Waals surface area contributed by atoms with Crippen LogP contribution in [-0.2, 0) is 24.1 Å². The molecule has 0 bridgehead atoms. The normalized spacial score (nSPS) is 10.5. The molecule has 0 aliphatic heterocycles. The number of nitrogens with two attached hydrogens (primary N) is 1. The fourth-order valence-corrected chi connectivity index (χ4v) is 3.75. The first-order valence-electron chi connectivity index (χ1n) is 11.1. The Morgan fingerprint density at radius 1 is 1.06 bits per heavy atom. The number of aliphatic carboxylic acids is 1. The summed E-state index contributed by atoms with van der Waals surface area (Å²) in [6.07, 6.45) is 6.48. The Morgan fingerprint density at radius 3 is 2.39 bits per heavy atom. The Balaban J connectivity index is 2.02. The number of allylic oxidation sites excluding steroid dienone is 1. The highest BCUT2D eigenvalue weighted by molar-refractivity contribution is 5.96. The molecule has 0 aliphatic rings. The summed E-state index contributed by atoms with van der Waals surface area (Å²) < 4.78 is 16.9. The summed E-state index contributed by atoms with van der Waals surface area (Å²) in [6, 6.07) is 9.09. The Hall–Kier alpha value is -3.48. The molecule has 0 heterocycles. The van der Waals surface area contributed by atoms with Crippen LogP contribution >= 0.6 is 0 Å². The molecule has 2 aromatic rings. The van der Waals surface area contributed by atoms with Gasteiger partial charge in [-0.2, -0.15) is 0 Å². The third-order valence-corrected chi connectivity index (χ3v) is 5.21. The van der Waals surface area contributed by atoms with E-state index >= 15 is 0 Å². The van der Waals surface area contributed by atoms with Crippen LogP contribution in [0.3, 0.4) is 0 Å². The maximum Gasteiger partial charge on any atom is 0.341 e. The summed E-state index contributed by atoms with van der Waals surface area (Å²) in [4.78, 5) is 22.6. The number of carbonyl (C=O) groups excluding carboxylic acids is 1. The fourth-order valence-electron chi connectivity index (χ4n) is 3.75. The van der Waals surface area contributed by atoms with E-state index in [1.807, 2.05) is 12.1 Å². The summed E-state index contributed by atoms with van der Waals surface area (Å²) in [5, 5.41) is 8.90. The second-order valence-corrected chi connectivity index (χ2v) is 7.61. The first-order valence-corrected chi connectivity index (χ1v) is 11.1. The Morgan fingerprint density at radius 2 is 1.79 bits per heavy atom.